The first-order valence-electron chi connectivity index (χ1n) is 5.53. The summed E-state index contributed by atoms with van der Waals surface area (Å²) in [4.78, 5) is 0. The SMILES string of the molecule is COc1ccc(Br)c(CC(C)CC(C)O)c1. The summed E-state index contributed by atoms with van der Waals surface area (Å²) in [6.07, 6.45) is 1.53. The van der Waals surface area contributed by atoms with E-state index in [0.29, 0.717) is 5.92 Å². The van der Waals surface area contributed by atoms with Gasteiger partial charge < -0.3 is 9.84 Å². The standard InChI is InChI=1S/C13H19BrO2/c1-9(6-10(2)15)7-11-8-12(16-3)4-5-13(11)14/h4-5,8-10,15H,6-7H2,1-3H3. The zero-order valence-corrected chi connectivity index (χ0v) is 11.6. The maximum atomic E-state index is 9.33. The van der Waals surface area contributed by atoms with E-state index in [1.165, 1.54) is 5.56 Å². The number of aliphatic hydroxyl groups excluding tert-OH is 1. The van der Waals surface area contributed by atoms with Crippen LogP contribution in [0.2, 0.25) is 0 Å². The van der Waals surface area contributed by atoms with E-state index in [4.69, 9.17) is 4.74 Å². The molecule has 0 amide bonds. The molecule has 0 bridgehead atoms. The molecule has 90 valence electrons. The van der Waals surface area contributed by atoms with Gasteiger partial charge in [0.05, 0.1) is 13.2 Å². The van der Waals surface area contributed by atoms with E-state index >= 15 is 0 Å². The summed E-state index contributed by atoms with van der Waals surface area (Å²) in [5.41, 5.74) is 1.23. The lowest BCUT2D eigenvalue weighted by atomic mass is 9.96. The van der Waals surface area contributed by atoms with Crippen LogP contribution in [0.15, 0.2) is 22.7 Å². The lowest BCUT2D eigenvalue weighted by Crippen LogP contribution is -2.09. The monoisotopic (exact) mass is 286 g/mol. The third-order valence-electron chi connectivity index (χ3n) is 2.56. The van der Waals surface area contributed by atoms with Crippen molar-refractivity contribution in [3.8, 4) is 5.75 Å². The molecule has 1 aromatic carbocycles. The van der Waals surface area contributed by atoms with Crippen LogP contribution in [-0.4, -0.2) is 18.3 Å². The van der Waals surface area contributed by atoms with Crippen molar-refractivity contribution < 1.29 is 9.84 Å². The molecule has 0 heterocycles. The van der Waals surface area contributed by atoms with Crippen molar-refractivity contribution >= 4 is 15.9 Å². The molecule has 1 rings (SSSR count). The number of methoxy groups -OCH3 is 1. The Morgan fingerprint density at radius 1 is 1.38 bits per heavy atom. The zero-order valence-electron chi connectivity index (χ0n) is 10.0. The first kappa shape index (κ1) is 13.5. The molecule has 0 saturated carbocycles. The van der Waals surface area contributed by atoms with Crippen LogP contribution in [0.5, 0.6) is 5.75 Å². The molecular formula is C13H19BrO2. The van der Waals surface area contributed by atoms with E-state index in [2.05, 4.69) is 22.9 Å². The molecule has 2 atom stereocenters. The predicted molar refractivity (Wildman–Crippen MR) is 69.9 cm³/mol. The second-order valence-corrected chi connectivity index (χ2v) is 5.21. The first-order valence-corrected chi connectivity index (χ1v) is 6.32. The highest BCUT2D eigenvalue weighted by Crippen LogP contribution is 2.25. The van der Waals surface area contributed by atoms with Crippen molar-refractivity contribution in [3.63, 3.8) is 0 Å². The van der Waals surface area contributed by atoms with Gasteiger partial charge in [0.2, 0.25) is 0 Å². The molecule has 1 N–H and O–H groups in total. The molecule has 0 fully saturated rings. The molecule has 0 aliphatic carbocycles. The highest BCUT2D eigenvalue weighted by atomic mass is 79.9. The van der Waals surface area contributed by atoms with E-state index in [9.17, 15) is 5.11 Å². The highest BCUT2D eigenvalue weighted by Gasteiger charge is 2.10. The number of rotatable bonds is 5. The molecular weight excluding hydrogens is 268 g/mol. The Bertz CT molecular complexity index is 337. The second kappa shape index (κ2) is 6.26. The summed E-state index contributed by atoms with van der Waals surface area (Å²) < 4.78 is 6.30. The fraction of sp³-hybridized carbons (Fsp3) is 0.538. The largest absolute Gasteiger partial charge is 0.497 e. The van der Waals surface area contributed by atoms with E-state index < -0.39 is 0 Å². The van der Waals surface area contributed by atoms with Crippen LogP contribution >= 0.6 is 15.9 Å². The van der Waals surface area contributed by atoms with Gasteiger partial charge in [-0.15, -0.1) is 0 Å². The van der Waals surface area contributed by atoms with E-state index in [-0.39, 0.29) is 6.10 Å². The van der Waals surface area contributed by atoms with Crippen LogP contribution in [0, 0.1) is 5.92 Å². The Kier molecular flexibility index (Phi) is 5.29. The Morgan fingerprint density at radius 3 is 2.62 bits per heavy atom. The maximum Gasteiger partial charge on any atom is 0.119 e. The van der Waals surface area contributed by atoms with Crippen LogP contribution < -0.4 is 4.74 Å². The summed E-state index contributed by atoms with van der Waals surface area (Å²) in [5, 5.41) is 9.33. The minimum absolute atomic E-state index is 0.237. The average molecular weight is 287 g/mol. The predicted octanol–water partition coefficient (Wildman–Crippen LogP) is 3.41. The molecule has 2 unspecified atom stereocenters. The number of aliphatic hydroxyl groups is 1. The molecule has 0 aliphatic rings. The quantitative estimate of drug-likeness (QED) is 0.899. The van der Waals surface area contributed by atoms with Crippen molar-refractivity contribution in [2.45, 2.75) is 32.8 Å². The van der Waals surface area contributed by atoms with Crippen LogP contribution in [-0.2, 0) is 6.42 Å². The Labute approximate surface area is 106 Å². The van der Waals surface area contributed by atoms with Crippen LogP contribution in [0.1, 0.15) is 25.8 Å². The Balaban J connectivity index is 2.71. The Morgan fingerprint density at radius 2 is 2.06 bits per heavy atom. The molecule has 1 aromatic rings. The summed E-state index contributed by atoms with van der Waals surface area (Å²) in [7, 11) is 1.67. The third kappa shape index (κ3) is 4.14. The number of halogens is 1. The topological polar surface area (TPSA) is 29.5 Å². The lowest BCUT2D eigenvalue weighted by Gasteiger charge is -2.15. The van der Waals surface area contributed by atoms with Crippen molar-refractivity contribution in [2.24, 2.45) is 5.92 Å². The smallest absolute Gasteiger partial charge is 0.119 e. The lowest BCUT2D eigenvalue weighted by molar-refractivity contribution is 0.164. The summed E-state index contributed by atoms with van der Waals surface area (Å²) in [5.74, 6) is 1.34. The fourth-order valence-electron chi connectivity index (χ4n) is 1.88. The van der Waals surface area contributed by atoms with E-state index in [0.717, 1.165) is 23.1 Å². The molecule has 0 aliphatic heterocycles. The van der Waals surface area contributed by atoms with Crippen molar-refractivity contribution in [1.82, 2.24) is 0 Å². The number of benzene rings is 1. The molecule has 3 heteroatoms. The normalized spacial score (nSPS) is 14.6. The van der Waals surface area contributed by atoms with E-state index in [1.54, 1.807) is 7.11 Å². The number of hydrogen-bond acceptors (Lipinski definition) is 2. The van der Waals surface area contributed by atoms with E-state index in [1.807, 2.05) is 25.1 Å². The van der Waals surface area contributed by atoms with Crippen molar-refractivity contribution in [1.29, 1.82) is 0 Å². The van der Waals surface area contributed by atoms with Crippen LogP contribution in [0.4, 0.5) is 0 Å². The van der Waals surface area contributed by atoms with Gasteiger partial charge in [0.25, 0.3) is 0 Å². The molecule has 0 aromatic heterocycles. The molecule has 16 heavy (non-hydrogen) atoms. The highest BCUT2D eigenvalue weighted by molar-refractivity contribution is 9.10. The van der Waals surface area contributed by atoms with Gasteiger partial charge in [0.1, 0.15) is 5.75 Å². The van der Waals surface area contributed by atoms with Gasteiger partial charge in [-0.25, -0.2) is 0 Å². The first-order chi connectivity index (χ1) is 7.52. The van der Waals surface area contributed by atoms with Gasteiger partial charge in [-0.05, 0) is 49.4 Å². The van der Waals surface area contributed by atoms with Crippen LogP contribution in [0.3, 0.4) is 0 Å². The van der Waals surface area contributed by atoms with Crippen molar-refractivity contribution in [2.75, 3.05) is 7.11 Å². The van der Waals surface area contributed by atoms with Gasteiger partial charge in [0.15, 0.2) is 0 Å². The third-order valence-corrected chi connectivity index (χ3v) is 3.34. The van der Waals surface area contributed by atoms with Crippen molar-refractivity contribution in [3.05, 3.63) is 28.2 Å². The molecule has 2 nitrogen and oxygen atoms in total. The van der Waals surface area contributed by atoms with Gasteiger partial charge in [0, 0.05) is 4.47 Å². The zero-order chi connectivity index (χ0) is 12.1. The number of ether oxygens (including phenoxy) is 1. The van der Waals surface area contributed by atoms with Crippen LogP contribution in [0.25, 0.3) is 0 Å². The summed E-state index contributed by atoms with van der Waals surface area (Å²) in [6.45, 7) is 3.98. The minimum atomic E-state index is -0.237. The van der Waals surface area contributed by atoms with Gasteiger partial charge in [-0.1, -0.05) is 22.9 Å². The fourth-order valence-corrected chi connectivity index (χ4v) is 2.28. The number of hydrogen-bond donors (Lipinski definition) is 1. The summed E-state index contributed by atoms with van der Waals surface area (Å²) >= 11 is 3.54. The van der Waals surface area contributed by atoms with Gasteiger partial charge in [-0.3, -0.25) is 0 Å². The second-order valence-electron chi connectivity index (χ2n) is 4.35. The maximum absolute atomic E-state index is 9.33. The Hall–Kier alpha value is -0.540. The molecule has 0 radical (unpaired) electrons. The molecule has 0 saturated heterocycles. The van der Waals surface area contributed by atoms with Gasteiger partial charge >= 0.3 is 0 Å². The molecule has 0 spiro atoms. The summed E-state index contributed by atoms with van der Waals surface area (Å²) in [6, 6.07) is 5.98. The minimum Gasteiger partial charge on any atom is -0.497 e. The van der Waals surface area contributed by atoms with Gasteiger partial charge in [-0.2, -0.15) is 0 Å². The average Bonchev–Trinajstić information content (AvgIpc) is 2.20.